The molecule has 5 atom stereocenters. The normalized spacial score (nSPS) is 30.4. The van der Waals surface area contributed by atoms with Gasteiger partial charge in [-0.15, -0.1) is 0 Å². The second kappa shape index (κ2) is 7.86. The first-order valence-electron chi connectivity index (χ1n) is 8.66. The van der Waals surface area contributed by atoms with Crippen LogP contribution in [-0.2, 0) is 28.5 Å². The molecule has 2 aliphatic heterocycles. The molecular weight excluding hydrogens is 338 g/mol. The summed E-state index contributed by atoms with van der Waals surface area (Å²) in [6, 6.07) is 9.74. The summed E-state index contributed by atoms with van der Waals surface area (Å²) in [6.07, 6.45) is -1.14. The number of hydrogen-bond donors (Lipinski definition) is 0. The zero-order valence-electron chi connectivity index (χ0n) is 15.1. The van der Waals surface area contributed by atoms with E-state index in [1.807, 2.05) is 30.3 Å². The van der Waals surface area contributed by atoms with E-state index >= 15 is 0 Å². The zero-order chi connectivity index (χ0) is 18.7. The minimum Gasteiger partial charge on any atom is -0.463 e. The van der Waals surface area contributed by atoms with E-state index in [1.54, 1.807) is 6.92 Å². The number of ether oxygens (including phenoxy) is 4. The van der Waals surface area contributed by atoms with E-state index in [9.17, 15) is 9.59 Å². The third-order valence-corrected chi connectivity index (χ3v) is 4.50. The minimum atomic E-state index is -0.577. The average Bonchev–Trinajstić information content (AvgIpc) is 2.59. The number of nitrogens with zero attached hydrogens (tertiary/aromatic N) is 1. The highest BCUT2D eigenvalue weighted by molar-refractivity contribution is 5.74. The molecule has 2 aliphatic rings. The van der Waals surface area contributed by atoms with Crippen LogP contribution >= 0.6 is 0 Å². The van der Waals surface area contributed by atoms with E-state index in [0.29, 0.717) is 12.3 Å². The van der Waals surface area contributed by atoms with Gasteiger partial charge in [-0.3, -0.25) is 9.59 Å². The lowest BCUT2D eigenvalue weighted by Crippen LogP contribution is -2.52. The van der Waals surface area contributed by atoms with Crippen LogP contribution in [0.3, 0.4) is 0 Å². The average molecular weight is 361 g/mol. The topological polar surface area (TPSA) is 83.4 Å². The van der Waals surface area contributed by atoms with E-state index in [2.05, 4.69) is 4.99 Å². The Kier molecular flexibility index (Phi) is 5.56. The quantitative estimate of drug-likeness (QED) is 0.766. The van der Waals surface area contributed by atoms with Crippen LogP contribution in [-0.4, -0.2) is 42.9 Å². The molecule has 1 saturated heterocycles. The van der Waals surface area contributed by atoms with Gasteiger partial charge in [-0.2, -0.15) is 0 Å². The van der Waals surface area contributed by atoms with Crippen molar-refractivity contribution in [3.8, 4) is 0 Å². The second-order valence-corrected chi connectivity index (χ2v) is 6.51. The molecule has 140 valence electrons. The van der Waals surface area contributed by atoms with Crippen molar-refractivity contribution < 1.29 is 28.5 Å². The van der Waals surface area contributed by atoms with E-state index in [-0.39, 0.29) is 18.6 Å². The molecule has 0 amide bonds. The summed E-state index contributed by atoms with van der Waals surface area (Å²) in [5, 5.41) is 0. The van der Waals surface area contributed by atoms with E-state index in [0.717, 1.165) is 5.56 Å². The van der Waals surface area contributed by atoms with Gasteiger partial charge in [0.1, 0.15) is 18.8 Å². The molecule has 26 heavy (non-hydrogen) atoms. The lowest BCUT2D eigenvalue weighted by atomic mass is 9.84. The highest BCUT2D eigenvalue weighted by Gasteiger charge is 2.47. The fourth-order valence-corrected chi connectivity index (χ4v) is 3.43. The van der Waals surface area contributed by atoms with Crippen LogP contribution in [0.25, 0.3) is 0 Å². The molecule has 0 saturated carbocycles. The molecule has 1 aromatic carbocycles. The Morgan fingerprint density at radius 3 is 2.58 bits per heavy atom. The lowest BCUT2D eigenvalue weighted by molar-refractivity contribution is -0.245. The summed E-state index contributed by atoms with van der Waals surface area (Å²) in [5.74, 6) is -0.393. The van der Waals surface area contributed by atoms with Crippen LogP contribution in [0.4, 0.5) is 0 Å². The smallest absolute Gasteiger partial charge is 0.302 e. The van der Waals surface area contributed by atoms with Gasteiger partial charge in [-0.1, -0.05) is 30.3 Å². The van der Waals surface area contributed by atoms with Gasteiger partial charge in [-0.25, -0.2) is 4.99 Å². The number of hydrogen-bond acceptors (Lipinski definition) is 7. The van der Waals surface area contributed by atoms with Crippen LogP contribution in [0.1, 0.15) is 38.8 Å². The number of fused-ring (bicyclic) bond motifs is 1. The maximum absolute atomic E-state index is 11.5. The molecule has 0 spiro atoms. The van der Waals surface area contributed by atoms with Crippen molar-refractivity contribution in [2.45, 2.75) is 51.7 Å². The molecule has 0 aromatic heterocycles. The molecule has 0 N–H and O–H groups in total. The van der Waals surface area contributed by atoms with Gasteiger partial charge in [0.2, 0.25) is 6.29 Å². The fraction of sp³-hybridized carbons (Fsp3) is 0.526. The van der Waals surface area contributed by atoms with E-state index < -0.39 is 30.4 Å². The first-order valence-corrected chi connectivity index (χ1v) is 8.66. The van der Waals surface area contributed by atoms with Crippen molar-refractivity contribution in [2.24, 2.45) is 10.9 Å². The summed E-state index contributed by atoms with van der Waals surface area (Å²) in [6.45, 7) is 4.47. The Morgan fingerprint density at radius 1 is 1.19 bits per heavy atom. The van der Waals surface area contributed by atoms with Gasteiger partial charge in [0.25, 0.3) is 0 Å². The van der Waals surface area contributed by atoms with Crippen molar-refractivity contribution >= 4 is 17.8 Å². The van der Waals surface area contributed by atoms with Gasteiger partial charge in [0.05, 0.1) is 12.0 Å². The van der Waals surface area contributed by atoms with Gasteiger partial charge in [0.15, 0.2) is 5.90 Å². The molecular formula is C19H23NO6. The van der Waals surface area contributed by atoms with Crippen molar-refractivity contribution in [1.29, 1.82) is 0 Å². The van der Waals surface area contributed by atoms with Crippen molar-refractivity contribution in [3.63, 3.8) is 0 Å². The number of esters is 2. The summed E-state index contributed by atoms with van der Waals surface area (Å²) >= 11 is 0. The summed E-state index contributed by atoms with van der Waals surface area (Å²) in [4.78, 5) is 27.3. The molecule has 2 heterocycles. The molecule has 7 nitrogen and oxygen atoms in total. The van der Waals surface area contributed by atoms with Gasteiger partial charge >= 0.3 is 11.9 Å². The Hall–Kier alpha value is -2.41. The van der Waals surface area contributed by atoms with E-state index in [1.165, 1.54) is 13.8 Å². The molecule has 3 rings (SSSR count). The van der Waals surface area contributed by atoms with Crippen molar-refractivity contribution in [3.05, 3.63) is 35.9 Å². The summed E-state index contributed by atoms with van der Waals surface area (Å²) in [5.41, 5.74) is 1.05. The third-order valence-electron chi connectivity index (χ3n) is 4.50. The van der Waals surface area contributed by atoms with Crippen LogP contribution < -0.4 is 0 Å². The number of rotatable bonds is 4. The minimum absolute atomic E-state index is 0.00601. The number of carbonyl (C=O) groups excluding carboxylic acids is 2. The van der Waals surface area contributed by atoms with Gasteiger partial charge in [0, 0.05) is 20.8 Å². The number of carbonyl (C=O) groups is 2. The second-order valence-electron chi connectivity index (χ2n) is 6.51. The SMILES string of the molecule is CC(=O)OC[C@H]1O[C@@H]2OC(C)=N[C@H](c3ccccc3)[C@@H]2C[C@@H]1OC(C)=O. The van der Waals surface area contributed by atoms with Crippen LogP contribution in [0, 0.1) is 5.92 Å². The van der Waals surface area contributed by atoms with Gasteiger partial charge in [-0.05, 0) is 12.0 Å². The zero-order valence-corrected chi connectivity index (χ0v) is 15.1. The first kappa shape index (κ1) is 18.4. The van der Waals surface area contributed by atoms with Crippen LogP contribution in [0.2, 0.25) is 0 Å². The van der Waals surface area contributed by atoms with Crippen LogP contribution in [0.5, 0.6) is 0 Å². The standard InChI is InChI=1S/C19H23NO6/c1-11-20-18(14-7-5-4-6-8-14)15-9-16(25-13(3)22)17(10-23-12(2)21)26-19(15)24-11/h4-8,15-19H,9-10H2,1-3H3/t15-,16-,17+,18+,19-/m0/s1. The lowest BCUT2D eigenvalue weighted by Gasteiger charge is -2.44. The highest BCUT2D eigenvalue weighted by atomic mass is 16.7. The highest BCUT2D eigenvalue weighted by Crippen LogP contribution is 2.41. The van der Waals surface area contributed by atoms with Crippen molar-refractivity contribution in [2.75, 3.05) is 6.61 Å². The molecule has 1 fully saturated rings. The number of benzene rings is 1. The molecule has 0 aliphatic carbocycles. The Morgan fingerprint density at radius 2 is 1.92 bits per heavy atom. The molecule has 1 aromatic rings. The van der Waals surface area contributed by atoms with Gasteiger partial charge < -0.3 is 18.9 Å². The maximum Gasteiger partial charge on any atom is 0.302 e. The van der Waals surface area contributed by atoms with E-state index in [4.69, 9.17) is 18.9 Å². The molecule has 0 radical (unpaired) electrons. The predicted molar refractivity (Wildman–Crippen MR) is 92.3 cm³/mol. The Bertz CT molecular complexity index is 689. The summed E-state index contributed by atoms with van der Waals surface area (Å²) in [7, 11) is 0. The van der Waals surface area contributed by atoms with Crippen molar-refractivity contribution in [1.82, 2.24) is 0 Å². The maximum atomic E-state index is 11.5. The largest absolute Gasteiger partial charge is 0.463 e. The van der Waals surface area contributed by atoms with Crippen LogP contribution in [0.15, 0.2) is 35.3 Å². The Labute approximate surface area is 152 Å². The third kappa shape index (κ3) is 4.22. The summed E-state index contributed by atoms with van der Waals surface area (Å²) < 4.78 is 22.3. The molecule has 0 bridgehead atoms. The molecule has 0 unspecified atom stereocenters. The predicted octanol–water partition coefficient (Wildman–Crippen LogP) is 2.40. The fourth-order valence-electron chi connectivity index (χ4n) is 3.43. The number of aliphatic imine (C=N–C) groups is 1. The first-order chi connectivity index (χ1) is 12.4. The monoisotopic (exact) mass is 361 g/mol. The molecule has 7 heteroatoms. The Balaban J connectivity index is 1.84.